The van der Waals surface area contributed by atoms with Crippen LogP contribution in [0.2, 0.25) is 0 Å². The lowest BCUT2D eigenvalue weighted by atomic mass is 10.0. The summed E-state index contributed by atoms with van der Waals surface area (Å²) in [6.07, 6.45) is 41.3. The summed E-state index contributed by atoms with van der Waals surface area (Å²) >= 11 is 0. The Kier molecular flexibility index (Phi) is 34.2. The summed E-state index contributed by atoms with van der Waals surface area (Å²) in [5.74, 6) is -0.341. The van der Waals surface area contributed by atoms with E-state index in [1.54, 1.807) is 30.4 Å². The summed E-state index contributed by atoms with van der Waals surface area (Å²) in [6, 6.07) is -0.978. The topological polar surface area (TPSA) is 148 Å². The molecule has 0 aliphatic carbocycles. The van der Waals surface area contributed by atoms with Crippen molar-refractivity contribution < 1.29 is 43.1 Å². The quantitative estimate of drug-likeness (QED) is 0.0162. The molecule has 0 spiro atoms. The van der Waals surface area contributed by atoms with Crippen molar-refractivity contribution in [2.45, 2.75) is 154 Å². The molecule has 0 aliphatic rings. The molecule has 10 nitrogen and oxygen atoms in total. The molecule has 0 bridgehead atoms. The second-order valence-corrected chi connectivity index (χ2v) is 16.8. The minimum absolute atomic E-state index is 0.0436. The predicted molar refractivity (Wildman–Crippen MR) is 231 cm³/mol. The smallest absolute Gasteiger partial charge is 0.268 e. The number of likely N-dealkylation sites (N-methyl/N-ethyl adjacent to an activating group) is 1. The van der Waals surface area contributed by atoms with Crippen molar-refractivity contribution in [1.29, 1.82) is 0 Å². The number of rotatable bonds is 36. The maximum atomic E-state index is 12.8. The van der Waals surface area contributed by atoms with Crippen molar-refractivity contribution in [3.63, 3.8) is 0 Å². The molecule has 0 aromatic rings. The Hall–Kier alpha value is -2.40. The molecule has 0 rings (SSSR count). The summed E-state index contributed by atoms with van der Waals surface area (Å²) in [4.78, 5) is 25.2. The maximum absolute atomic E-state index is 12.8. The Morgan fingerprint density at radius 1 is 0.714 bits per heavy atom. The third-order valence-corrected chi connectivity index (χ3v) is 9.75. The van der Waals surface area contributed by atoms with E-state index in [1.165, 1.54) is 57.8 Å². The number of hydrogen-bond donors (Lipinski definition) is 4. The minimum Gasteiger partial charge on any atom is -0.756 e. The molecule has 0 aliphatic heterocycles. The predicted octanol–water partition coefficient (Wildman–Crippen LogP) is 8.72. The average molecular weight is 807 g/mol. The van der Waals surface area contributed by atoms with E-state index in [-0.39, 0.29) is 18.9 Å². The van der Waals surface area contributed by atoms with Gasteiger partial charge in [0.05, 0.1) is 52.1 Å². The van der Waals surface area contributed by atoms with Crippen LogP contribution >= 0.6 is 7.82 Å². The van der Waals surface area contributed by atoms with Crippen molar-refractivity contribution in [2.75, 3.05) is 40.9 Å². The second-order valence-electron chi connectivity index (χ2n) is 15.4. The molecule has 0 aromatic heterocycles. The lowest BCUT2D eigenvalue weighted by Crippen LogP contribution is -2.45. The molecule has 322 valence electrons. The Morgan fingerprint density at radius 2 is 1.30 bits per heavy atom. The number of aliphatic hydroxyl groups excluding tert-OH is 3. The lowest BCUT2D eigenvalue weighted by molar-refractivity contribution is -0.870. The van der Waals surface area contributed by atoms with Gasteiger partial charge in [-0.1, -0.05) is 163 Å². The van der Waals surface area contributed by atoms with Crippen LogP contribution in [0.4, 0.5) is 0 Å². The number of phosphoric acid groups is 1. The van der Waals surface area contributed by atoms with Crippen molar-refractivity contribution in [2.24, 2.45) is 0 Å². The Bertz CT molecular complexity index is 1220. The molecule has 0 fully saturated rings. The van der Waals surface area contributed by atoms with E-state index in [0.717, 1.165) is 32.1 Å². The minimum atomic E-state index is -4.64. The Balaban J connectivity index is 4.76. The first-order valence-electron chi connectivity index (χ1n) is 21.2. The number of carbonyl (C=O) groups is 1. The van der Waals surface area contributed by atoms with Crippen molar-refractivity contribution in [3.8, 4) is 0 Å². The molecule has 0 radical (unpaired) electrons. The SMILES string of the molecule is CC/C=C\C[C@H](O)/C=C/C=C\C/C=C\C=C\[C@H](O)/C=C\CCCC(=O)N[C@@H](COP(=O)([O-])OCC[N+](C)(C)C)[C@H](O)/C=C/CCCCCCCCCCCCC. The average Bonchev–Trinajstić information content (AvgIpc) is 3.13. The number of phosphoric ester groups is 1. The summed E-state index contributed by atoms with van der Waals surface area (Å²) < 4.78 is 23.1. The third kappa shape index (κ3) is 37.2. The zero-order valence-corrected chi connectivity index (χ0v) is 36.4. The first-order valence-corrected chi connectivity index (χ1v) is 22.6. The van der Waals surface area contributed by atoms with E-state index in [1.807, 2.05) is 75.8 Å². The van der Waals surface area contributed by atoms with E-state index < -0.39 is 38.8 Å². The molecule has 56 heavy (non-hydrogen) atoms. The number of hydrogen-bond acceptors (Lipinski definition) is 8. The van der Waals surface area contributed by atoms with Crippen molar-refractivity contribution in [3.05, 3.63) is 85.1 Å². The monoisotopic (exact) mass is 807 g/mol. The Labute approximate surface area is 341 Å². The van der Waals surface area contributed by atoms with Gasteiger partial charge in [0, 0.05) is 6.42 Å². The van der Waals surface area contributed by atoms with Crippen LogP contribution in [-0.2, 0) is 18.4 Å². The van der Waals surface area contributed by atoms with Crippen LogP contribution in [0, 0.1) is 0 Å². The van der Waals surface area contributed by atoms with Gasteiger partial charge in [-0.2, -0.15) is 0 Å². The number of aliphatic hydroxyl groups is 3. The number of amides is 1. The highest BCUT2D eigenvalue weighted by atomic mass is 31.2. The van der Waals surface area contributed by atoms with E-state index in [9.17, 15) is 29.6 Å². The third-order valence-electron chi connectivity index (χ3n) is 8.79. The highest BCUT2D eigenvalue weighted by Crippen LogP contribution is 2.38. The number of allylic oxidation sites excluding steroid dienone is 9. The molecule has 1 amide bonds. The molecule has 1 unspecified atom stereocenters. The van der Waals surface area contributed by atoms with Gasteiger partial charge < -0.3 is 39.1 Å². The van der Waals surface area contributed by atoms with E-state index in [4.69, 9.17) is 9.05 Å². The van der Waals surface area contributed by atoms with Crippen molar-refractivity contribution in [1.82, 2.24) is 5.32 Å². The molecule has 0 aromatic carbocycles. The van der Waals surface area contributed by atoms with Crippen LogP contribution < -0.4 is 10.2 Å². The zero-order valence-electron chi connectivity index (χ0n) is 35.5. The van der Waals surface area contributed by atoms with Gasteiger partial charge in [0.1, 0.15) is 13.2 Å². The summed E-state index contributed by atoms with van der Waals surface area (Å²) in [5, 5.41) is 33.7. The van der Waals surface area contributed by atoms with Crippen LogP contribution in [0.5, 0.6) is 0 Å². The van der Waals surface area contributed by atoms with Crippen LogP contribution in [-0.4, -0.2) is 91.0 Å². The maximum Gasteiger partial charge on any atom is 0.268 e. The molecule has 0 saturated carbocycles. The molecule has 4 N–H and O–H groups in total. The second kappa shape index (κ2) is 35.7. The summed E-state index contributed by atoms with van der Waals surface area (Å²) in [5.41, 5.74) is 0. The van der Waals surface area contributed by atoms with Gasteiger partial charge in [-0.25, -0.2) is 0 Å². The standard InChI is InChI=1S/C45H79N2O8P/c1-6-8-10-11-12-13-14-15-16-17-21-24-30-36-44(50)43(40-55-56(52,53)54-39-38-47(3,4)5)46-45(51)37-31-25-29-35-42(49)34-28-23-20-18-19-22-27-33-41(48)32-26-9-7-2/h9,19-20,22-23,26-30,33-36,41-44,48-50H,6-8,10-18,21,24-25,31-32,37-40H2,1-5H3,(H-,46,51,52,53)/b22-19-,23-20-,26-9-,33-27+,34-28+,35-29-,36-30+/t41-,42-,43-,44+/m0/s1. The fourth-order valence-corrected chi connectivity index (χ4v) is 6.08. The largest absolute Gasteiger partial charge is 0.756 e. The molecule has 0 heterocycles. The van der Waals surface area contributed by atoms with Crippen LogP contribution in [0.3, 0.4) is 0 Å². The van der Waals surface area contributed by atoms with Gasteiger partial charge in [0.25, 0.3) is 7.82 Å². The summed E-state index contributed by atoms with van der Waals surface area (Å²) in [6.45, 7) is 4.26. The van der Waals surface area contributed by atoms with Gasteiger partial charge in [0.15, 0.2) is 0 Å². The van der Waals surface area contributed by atoms with Gasteiger partial charge >= 0.3 is 0 Å². The van der Waals surface area contributed by atoms with Crippen LogP contribution in [0.15, 0.2) is 85.1 Å². The first-order chi connectivity index (χ1) is 26.8. The normalized spacial score (nSPS) is 16.4. The van der Waals surface area contributed by atoms with Crippen LogP contribution in [0.25, 0.3) is 0 Å². The lowest BCUT2D eigenvalue weighted by Gasteiger charge is -2.29. The Morgan fingerprint density at radius 3 is 1.93 bits per heavy atom. The van der Waals surface area contributed by atoms with E-state index in [0.29, 0.717) is 30.3 Å². The highest BCUT2D eigenvalue weighted by molar-refractivity contribution is 7.45. The van der Waals surface area contributed by atoms with Crippen molar-refractivity contribution >= 4 is 13.7 Å². The molecule has 0 saturated heterocycles. The highest BCUT2D eigenvalue weighted by Gasteiger charge is 2.23. The fraction of sp³-hybridized carbons (Fsp3) is 0.667. The van der Waals surface area contributed by atoms with Gasteiger partial charge in [-0.15, -0.1) is 0 Å². The summed E-state index contributed by atoms with van der Waals surface area (Å²) in [7, 11) is 1.11. The first kappa shape index (κ1) is 53.6. The fourth-order valence-electron chi connectivity index (χ4n) is 5.36. The van der Waals surface area contributed by atoms with Crippen LogP contribution in [0.1, 0.15) is 129 Å². The molecular weight excluding hydrogens is 727 g/mol. The van der Waals surface area contributed by atoms with E-state index >= 15 is 0 Å². The number of quaternary nitrogens is 1. The molecule has 11 heteroatoms. The van der Waals surface area contributed by atoms with Gasteiger partial charge in [-0.3, -0.25) is 9.36 Å². The number of carbonyl (C=O) groups excluding carboxylic acids is 1. The number of nitrogens with zero attached hydrogens (tertiary/aromatic N) is 1. The zero-order chi connectivity index (χ0) is 41.8. The number of nitrogens with one attached hydrogen (secondary N) is 1. The molecule has 5 atom stereocenters. The number of unbranched alkanes of at least 4 members (excludes halogenated alkanes) is 12. The molecular formula is C45H79N2O8P. The van der Waals surface area contributed by atoms with Gasteiger partial charge in [-0.05, 0) is 44.9 Å². The van der Waals surface area contributed by atoms with Gasteiger partial charge in [0.2, 0.25) is 5.91 Å². The van der Waals surface area contributed by atoms with E-state index in [2.05, 4.69) is 19.2 Å².